The Balaban J connectivity index is 1.92. The van der Waals surface area contributed by atoms with Crippen molar-refractivity contribution < 1.29 is 4.79 Å². The first-order valence-electron chi connectivity index (χ1n) is 6.28. The van der Waals surface area contributed by atoms with Gasteiger partial charge in [0, 0.05) is 16.3 Å². The molecular formula is C14H14ClN3OS2. The maximum Gasteiger partial charge on any atom is 0.250 e. The smallest absolute Gasteiger partial charge is 0.250 e. The molecule has 1 N–H and O–H groups in total. The Kier molecular flexibility index (Phi) is 5.78. The van der Waals surface area contributed by atoms with Crippen LogP contribution in [0.1, 0.15) is 19.4 Å². The van der Waals surface area contributed by atoms with E-state index in [1.54, 1.807) is 30.0 Å². The summed E-state index contributed by atoms with van der Waals surface area (Å²) in [5, 5.41) is 12.3. The van der Waals surface area contributed by atoms with Crippen LogP contribution in [0, 0.1) is 0 Å². The summed E-state index contributed by atoms with van der Waals surface area (Å²) < 4.78 is 0.849. The van der Waals surface area contributed by atoms with E-state index in [0.717, 1.165) is 9.90 Å². The number of nitrogens with one attached hydrogen (secondary N) is 1. The van der Waals surface area contributed by atoms with E-state index in [1.165, 1.54) is 17.4 Å². The maximum absolute atomic E-state index is 11.8. The second-order valence-electron chi connectivity index (χ2n) is 4.41. The minimum Gasteiger partial charge on any atom is -0.297 e. The highest BCUT2D eigenvalue weighted by molar-refractivity contribution is 8.01. The molecule has 0 radical (unpaired) electrons. The summed E-state index contributed by atoms with van der Waals surface area (Å²) in [5.74, 6) is -0.234. The van der Waals surface area contributed by atoms with Crippen LogP contribution in [0.3, 0.4) is 0 Å². The molecule has 1 aromatic carbocycles. The molecule has 0 saturated heterocycles. The molecule has 110 valence electrons. The zero-order valence-corrected chi connectivity index (χ0v) is 13.9. The molecule has 0 aliphatic heterocycles. The minimum absolute atomic E-state index is 0.234. The van der Waals surface area contributed by atoms with E-state index in [1.807, 2.05) is 12.1 Å². The molecular weight excluding hydrogens is 326 g/mol. The summed E-state index contributed by atoms with van der Waals surface area (Å²) in [6.07, 6.45) is 3.18. The van der Waals surface area contributed by atoms with Crippen molar-refractivity contribution in [2.45, 2.75) is 23.4 Å². The molecule has 4 nitrogen and oxygen atoms in total. The fourth-order valence-corrected chi connectivity index (χ4v) is 3.51. The number of hydrogen-bond donors (Lipinski definition) is 1. The van der Waals surface area contributed by atoms with E-state index in [-0.39, 0.29) is 5.91 Å². The van der Waals surface area contributed by atoms with Crippen LogP contribution in [0.25, 0.3) is 6.08 Å². The molecule has 0 unspecified atom stereocenters. The summed E-state index contributed by atoms with van der Waals surface area (Å²) in [4.78, 5) is 11.8. The number of thioether (sulfide) groups is 1. The lowest BCUT2D eigenvalue weighted by molar-refractivity contribution is -0.111. The van der Waals surface area contributed by atoms with Gasteiger partial charge in [-0.3, -0.25) is 10.1 Å². The van der Waals surface area contributed by atoms with Gasteiger partial charge in [0.15, 0.2) is 4.34 Å². The second kappa shape index (κ2) is 7.59. The molecule has 1 heterocycles. The lowest BCUT2D eigenvalue weighted by Gasteiger charge is -1.97. The third-order valence-corrected chi connectivity index (χ3v) is 4.45. The summed E-state index contributed by atoms with van der Waals surface area (Å²) in [7, 11) is 0. The number of hydrogen-bond acceptors (Lipinski definition) is 5. The van der Waals surface area contributed by atoms with Crippen molar-refractivity contribution in [3.8, 4) is 0 Å². The zero-order valence-electron chi connectivity index (χ0n) is 11.5. The Labute approximate surface area is 136 Å². The van der Waals surface area contributed by atoms with Gasteiger partial charge in [0.25, 0.3) is 0 Å². The van der Waals surface area contributed by atoms with Gasteiger partial charge < -0.3 is 0 Å². The lowest BCUT2D eigenvalue weighted by Crippen LogP contribution is -2.07. The molecule has 7 heteroatoms. The number of halogens is 1. The largest absolute Gasteiger partial charge is 0.297 e. The van der Waals surface area contributed by atoms with E-state index in [4.69, 9.17) is 11.6 Å². The van der Waals surface area contributed by atoms with Gasteiger partial charge in [0.05, 0.1) is 0 Å². The Morgan fingerprint density at radius 2 is 2.05 bits per heavy atom. The van der Waals surface area contributed by atoms with E-state index in [2.05, 4.69) is 29.4 Å². The van der Waals surface area contributed by atoms with Crippen LogP contribution in [0.15, 0.2) is 34.7 Å². The molecule has 1 aromatic heterocycles. The SMILES string of the molecule is CC(C)Sc1nnc(NC(=O)/C=C/c2ccc(Cl)cc2)s1. The van der Waals surface area contributed by atoms with Crippen molar-refractivity contribution in [2.24, 2.45) is 0 Å². The van der Waals surface area contributed by atoms with E-state index < -0.39 is 0 Å². The van der Waals surface area contributed by atoms with Crippen molar-refractivity contribution in [1.82, 2.24) is 10.2 Å². The predicted octanol–water partition coefficient (Wildman–Crippen LogP) is 4.34. The molecule has 0 fully saturated rings. The fraction of sp³-hybridized carbons (Fsp3) is 0.214. The molecule has 0 spiro atoms. The number of carbonyl (C=O) groups is 1. The standard InChI is InChI=1S/C14H14ClN3OS2/c1-9(2)20-14-18-17-13(21-14)16-12(19)8-5-10-3-6-11(15)7-4-10/h3-9H,1-2H3,(H,16,17,19)/b8-5+. The van der Waals surface area contributed by atoms with Crippen molar-refractivity contribution in [3.63, 3.8) is 0 Å². The van der Waals surface area contributed by atoms with Gasteiger partial charge in [-0.15, -0.1) is 10.2 Å². The lowest BCUT2D eigenvalue weighted by atomic mass is 10.2. The predicted molar refractivity (Wildman–Crippen MR) is 90.0 cm³/mol. The molecule has 0 aliphatic rings. The van der Waals surface area contributed by atoms with Crippen molar-refractivity contribution >= 4 is 51.8 Å². The van der Waals surface area contributed by atoms with Crippen LogP contribution >= 0.6 is 34.7 Å². The Hall–Kier alpha value is -1.37. The van der Waals surface area contributed by atoms with Gasteiger partial charge >= 0.3 is 0 Å². The minimum atomic E-state index is -0.234. The average molecular weight is 340 g/mol. The number of anilines is 1. The maximum atomic E-state index is 11.8. The first-order valence-corrected chi connectivity index (χ1v) is 8.35. The number of rotatable bonds is 5. The number of carbonyl (C=O) groups excluding carboxylic acids is 1. The third-order valence-electron chi connectivity index (χ3n) is 2.27. The molecule has 0 saturated carbocycles. The number of benzene rings is 1. The summed E-state index contributed by atoms with van der Waals surface area (Å²) >= 11 is 8.79. The zero-order chi connectivity index (χ0) is 15.2. The quantitative estimate of drug-likeness (QED) is 0.500. The van der Waals surface area contributed by atoms with Crippen molar-refractivity contribution in [3.05, 3.63) is 40.9 Å². The third kappa shape index (κ3) is 5.49. The molecule has 0 bridgehead atoms. The van der Waals surface area contributed by atoms with Gasteiger partial charge in [-0.25, -0.2) is 0 Å². The van der Waals surface area contributed by atoms with Crippen LogP contribution in [-0.4, -0.2) is 21.4 Å². The van der Waals surface area contributed by atoms with Gasteiger partial charge in [0.1, 0.15) is 0 Å². The number of amides is 1. The first-order chi connectivity index (χ1) is 10.0. The molecule has 0 aliphatic carbocycles. The average Bonchev–Trinajstić information content (AvgIpc) is 2.84. The topological polar surface area (TPSA) is 54.9 Å². The van der Waals surface area contributed by atoms with Crippen LogP contribution in [0.2, 0.25) is 5.02 Å². The summed E-state index contributed by atoms with van der Waals surface area (Å²) in [5.41, 5.74) is 0.905. The molecule has 21 heavy (non-hydrogen) atoms. The summed E-state index contributed by atoms with van der Waals surface area (Å²) in [6, 6.07) is 7.24. The number of aromatic nitrogens is 2. The molecule has 0 atom stereocenters. The van der Waals surface area contributed by atoms with E-state index in [9.17, 15) is 4.79 Å². The highest BCUT2D eigenvalue weighted by Gasteiger charge is 2.08. The van der Waals surface area contributed by atoms with Crippen LogP contribution < -0.4 is 5.32 Å². The van der Waals surface area contributed by atoms with Gasteiger partial charge in [-0.05, 0) is 23.8 Å². The van der Waals surface area contributed by atoms with Gasteiger partial charge in [-0.2, -0.15) is 0 Å². The van der Waals surface area contributed by atoms with Crippen molar-refractivity contribution in [1.29, 1.82) is 0 Å². The monoisotopic (exact) mass is 339 g/mol. The second-order valence-corrected chi connectivity index (χ2v) is 7.65. The normalized spacial score (nSPS) is 11.2. The highest BCUT2D eigenvalue weighted by atomic mass is 35.5. The molecule has 2 aromatic rings. The highest BCUT2D eigenvalue weighted by Crippen LogP contribution is 2.28. The first kappa shape index (κ1) is 16.0. The Morgan fingerprint density at radius 3 is 2.71 bits per heavy atom. The van der Waals surface area contributed by atoms with Gasteiger partial charge in [-0.1, -0.05) is 60.7 Å². The van der Waals surface area contributed by atoms with E-state index in [0.29, 0.717) is 15.4 Å². The van der Waals surface area contributed by atoms with Crippen LogP contribution in [0.5, 0.6) is 0 Å². The van der Waals surface area contributed by atoms with E-state index >= 15 is 0 Å². The summed E-state index contributed by atoms with van der Waals surface area (Å²) in [6.45, 7) is 4.17. The van der Waals surface area contributed by atoms with Crippen molar-refractivity contribution in [2.75, 3.05) is 5.32 Å². The van der Waals surface area contributed by atoms with Crippen LogP contribution in [-0.2, 0) is 4.79 Å². The molecule has 1 amide bonds. The Morgan fingerprint density at radius 1 is 1.33 bits per heavy atom. The number of nitrogens with zero attached hydrogens (tertiary/aromatic N) is 2. The fourth-order valence-electron chi connectivity index (χ4n) is 1.40. The van der Waals surface area contributed by atoms with Crippen LogP contribution in [0.4, 0.5) is 5.13 Å². The Bertz CT molecular complexity index is 638. The van der Waals surface area contributed by atoms with Gasteiger partial charge in [0.2, 0.25) is 11.0 Å². The molecule has 2 rings (SSSR count).